The van der Waals surface area contributed by atoms with Crippen molar-refractivity contribution in [3.63, 3.8) is 0 Å². The van der Waals surface area contributed by atoms with E-state index < -0.39 is 10.4 Å². The van der Waals surface area contributed by atoms with Gasteiger partial charge in [0.2, 0.25) is 16.3 Å². The molecule has 0 aromatic heterocycles. The number of carbonyl (C=O) groups is 1. The van der Waals surface area contributed by atoms with Crippen molar-refractivity contribution in [2.24, 2.45) is 0 Å². The summed E-state index contributed by atoms with van der Waals surface area (Å²) in [6.45, 7) is 2.00. The molecular formula is C13H20ClNO5S2. The average molecular weight is 370 g/mol. The van der Waals surface area contributed by atoms with Crippen LogP contribution in [-0.2, 0) is 36.0 Å². The smallest absolute Gasteiger partial charge is 0.239 e. The number of rotatable bonds is 5. The second kappa shape index (κ2) is 10.1. The molecule has 9 heteroatoms. The standard InChI is InChI=1S/C12H16ClNOS.CH4O4S/c1-9-5-4-6-10(8-16(2)3)12(9)14-11(15)7-13;1-5-6(2,3)4/h4-6H,7-8H2,1-3H3;1H3,(H,2,3,4). The lowest BCUT2D eigenvalue weighted by molar-refractivity contribution is -0.113. The predicted molar refractivity (Wildman–Crippen MR) is 90.2 cm³/mol. The highest BCUT2D eigenvalue weighted by Gasteiger charge is 2.13. The van der Waals surface area contributed by atoms with Crippen molar-refractivity contribution in [3.8, 4) is 0 Å². The van der Waals surface area contributed by atoms with Crippen LogP contribution in [0.4, 0.5) is 5.69 Å². The Bertz CT molecular complexity index is 590. The Morgan fingerprint density at radius 2 is 1.95 bits per heavy atom. The highest BCUT2D eigenvalue weighted by Crippen LogP contribution is 2.22. The summed E-state index contributed by atoms with van der Waals surface area (Å²) in [5.74, 6) is 0.835. The van der Waals surface area contributed by atoms with E-state index in [-0.39, 0.29) is 11.8 Å². The zero-order valence-corrected chi connectivity index (χ0v) is 15.3. The van der Waals surface area contributed by atoms with E-state index in [0.29, 0.717) is 10.9 Å². The summed E-state index contributed by atoms with van der Waals surface area (Å²) in [6.07, 6.45) is 4.38. The summed E-state index contributed by atoms with van der Waals surface area (Å²) in [5.41, 5.74) is 3.20. The summed E-state index contributed by atoms with van der Waals surface area (Å²) < 4.78 is 31.0. The molecule has 126 valence electrons. The molecular weight excluding hydrogens is 350 g/mol. The quantitative estimate of drug-likeness (QED) is 0.368. The first-order valence-electron chi connectivity index (χ1n) is 6.10. The number of halogens is 1. The van der Waals surface area contributed by atoms with Gasteiger partial charge in [-0.1, -0.05) is 18.2 Å². The van der Waals surface area contributed by atoms with Crippen LogP contribution in [0.5, 0.6) is 0 Å². The van der Waals surface area contributed by atoms with Crippen LogP contribution in [0.25, 0.3) is 0 Å². The fraction of sp³-hybridized carbons (Fsp3) is 0.462. The predicted octanol–water partition coefficient (Wildman–Crippen LogP) is 1.64. The molecule has 1 N–H and O–H groups in total. The Morgan fingerprint density at radius 3 is 2.36 bits per heavy atom. The van der Waals surface area contributed by atoms with E-state index in [9.17, 15) is 17.8 Å². The van der Waals surface area contributed by atoms with E-state index in [4.69, 9.17) is 11.6 Å². The van der Waals surface area contributed by atoms with Crippen molar-refractivity contribution in [2.75, 3.05) is 30.8 Å². The van der Waals surface area contributed by atoms with Crippen LogP contribution in [0.2, 0.25) is 0 Å². The fourth-order valence-corrected chi connectivity index (χ4v) is 2.44. The number of benzene rings is 1. The van der Waals surface area contributed by atoms with Crippen LogP contribution in [0.1, 0.15) is 11.1 Å². The molecule has 0 fully saturated rings. The number of aryl methyl sites for hydroxylation is 1. The topological polar surface area (TPSA) is 95.5 Å². The average Bonchev–Trinajstić information content (AvgIpc) is 2.41. The molecule has 0 atom stereocenters. The molecule has 0 saturated carbocycles. The van der Waals surface area contributed by atoms with Gasteiger partial charge >= 0.3 is 0 Å². The van der Waals surface area contributed by atoms with E-state index in [1.54, 1.807) is 0 Å². The highest BCUT2D eigenvalue weighted by molar-refractivity contribution is 7.94. The number of para-hydroxylation sites is 1. The lowest BCUT2D eigenvalue weighted by Gasteiger charge is -2.11. The monoisotopic (exact) mass is 369 g/mol. The molecule has 0 saturated heterocycles. The van der Waals surface area contributed by atoms with E-state index in [1.807, 2.05) is 19.1 Å². The van der Waals surface area contributed by atoms with E-state index >= 15 is 0 Å². The molecule has 1 aromatic carbocycles. The van der Waals surface area contributed by atoms with Crippen molar-refractivity contribution >= 4 is 44.5 Å². The first-order valence-corrected chi connectivity index (χ1v) is 10.2. The molecule has 1 rings (SSSR count). The number of nitrogens with one attached hydrogen (secondary N) is 1. The van der Waals surface area contributed by atoms with Crippen LogP contribution in [0.15, 0.2) is 18.2 Å². The number of anilines is 1. The summed E-state index contributed by atoms with van der Waals surface area (Å²) in [4.78, 5) is 11.3. The third-order valence-corrected chi connectivity index (χ3v) is 3.93. The summed E-state index contributed by atoms with van der Waals surface area (Å²) in [6, 6.07) is 6.08. The van der Waals surface area contributed by atoms with Gasteiger partial charge in [0.15, 0.2) is 0 Å². The van der Waals surface area contributed by atoms with Gasteiger partial charge in [0.25, 0.3) is 0 Å². The van der Waals surface area contributed by atoms with E-state index in [0.717, 1.165) is 24.1 Å². The van der Waals surface area contributed by atoms with Gasteiger partial charge in [-0.2, -0.15) is 0 Å². The van der Waals surface area contributed by atoms with Crippen LogP contribution >= 0.6 is 11.6 Å². The molecule has 0 unspecified atom stereocenters. The molecule has 0 aliphatic rings. The second-order valence-electron chi connectivity index (χ2n) is 4.50. The Morgan fingerprint density at radius 1 is 1.41 bits per heavy atom. The molecule has 6 nitrogen and oxygen atoms in total. The number of carbonyl (C=O) groups excluding carboxylic acids is 1. The van der Waals surface area contributed by atoms with Crippen LogP contribution in [0.3, 0.4) is 0 Å². The fourth-order valence-electron chi connectivity index (χ4n) is 1.51. The Hall–Kier alpha value is -0.800. The van der Waals surface area contributed by atoms with Crippen molar-refractivity contribution in [2.45, 2.75) is 12.7 Å². The maximum atomic E-state index is 11.3. The van der Waals surface area contributed by atoms with Crippen molar-refractivity contribution in [1.82, 2.24) is 0 Å². The minimum atomic E-state index is -4.41. The van der Waals surface area contributed by atoms with Gasteiger partial charge in [-0.05, 0) is 23.4 Å². The zero-order chi connectivity index (χ0) is 17.3. The minimum Gasteiger partial charge on any atom is -0.726 e. The zero-order valence-electron chi connectivity index (χ0n) is 12.9. The van der Waals surface area contributed by atoms with Crippen molar-refractivity contribution in [1.29, 1.82) is 0 Å². The Labute approximate surface area is 139 Å². The van der Waals surface area contributed by atoms with Crippen LogP contribution in [-0.4, -0.2) is 44.4 Å². The van der Waals surface area contributed by atoms with Gasteiger partial charge in [-0.3, -0.25) is 8.98 Å². The normalized spacial score (nSPS) is 10.9. The molecule has 22 heavy (non-hydrogen) atoms. The van der Waals surface area contributed by atoms with Gasteiger partial charge in [-0.15, -0.1) is 11.6 Å². The van der Waals surface area contributed by atoms with Crippen LogP contribution in [0, 0.1) is 6.92 Å². The lowest BCUT2D eigenvalue weighted by Crippen LogP contribution is -2.16. The Balaban J connectivity index is 0.000000626. The molecule has 0 aliphatic heterocycles. The van der Waals surface area contributed by atoms with Crippen molar-refractivity contribution in [3.05, 3.63) is 29.3 Å². The molecule has 0 heterocycles. The molecule has 1 aromatic rings. The number of hydrogen-bond acceptors (Lipinski definition) is 5. The van der Waals surface area contributed by atoms with Gasteiger partial charge < -0.3 is 9.87 Å². The number of amides is 1. The molecule has 1 amide bonds. The van der Waals surface area contributed by atoms with Crippen LogP contribution < -0.4 is 5.32 Å². The van der Waals surface area contributed by atoms with E-state index in [1.165, 1.54) is 5.56 Å². The lowest BCUT2D eigenvalue weighted by atomic mass is 10.1. The Kier molecular flexibility index (Phi) is 9.70. The van der Waals surface area contributed by atoms with Gasteiger partial charge in [0.1, 0.15) is 11.6 Å². The summed E-state index contributed by atoms with van der Waals surface area (Å²) in [7, 11) is -3.29. The molecule has 0 bridgehead atoms. The largest absolute Gasteiger partial charge is 0.726 e. The SMILES string of the molecule is COS(=O)(=O)[O-].Cc1cccc(C[S+](C)C)c1NC(=O)CCl. The third kappa shape index (κ3) is 9.26. The van der Waals surface area contributed by atoms with E-state index in [2.05, 4.69) is 28.1 Å². The maximum Gasteiger partial charge on any atom is 0.239 e. The third-order valence-electron chi connectivity index (χ3n) is 2.39. The summed E-state index contributed by atoms with van der Waals surface area (Å²) >= 11 is 5.50. The summed E-state index contributed by atoms with van der Waals surface area (Å²) in [5, 5.41) is 2.87. The number of hydrogen-bond donors (Lipinski definition) is 1. The van der Waals surface area contributed by atoms with Crippen molar-refractivity contribution < 1.29 is 21.9 Å². The molecule has 0 spiro atoms. The number of alkyl halides is 1. The molecule has 0 radical (unpaired) electrons. The first-order chi connectivity index (χ1) is 10.1. The van der Waals surface area contributed by atoms with Gasteiger partial charge in [0.05, 0.1) is 25.3 Å². The second-order valence-corrected chi connectivity index (χ2v) is 8.17. The van der Waals surface area contributed by atoms with Gasteiger partial charge in [-0.25, -0.2) is 8.42 Å². The molecule has 0 aliphatic carbocycles. The minimum absolute atomic E-state index is 0.00224. The first kappa shape index (κ1) is 21.2. The highest BCUT2D eigenvalue weighted by atomic mass is 35.5. The maximum absolute atomic E-state index is 11.3. The van der Waals surface area contributed by atoms with Gasteiger partial charge in [0, 0.05) is 5.56 Å².